The Morgan fingerprint density at radius 2 is 1.16 bits per heavy atom. The van der Waals surface area contributed by atoms with Crippen molar-refractivity contribution in [1.29, 1.82) is 0 Å². The summed E-state index contributed by atoms with van der Waals surface area (Å²) in [6, 6.07) is 9.00. The van der Waals surface area contributed by atoms with Crippen LogP contribution in [0, 0.1) is 5.92 Å². The van der Waals surface area contributed by atoms with Crippen molar-refractivity contribution in [3.8, 4) is 11.5 Å². The van der Waals surface area contributed by atoms with E-state index in [1.54, 1.807) is 43.3 Å². The van der Waals surface area contributed by atoms with Gasteiger partial charge in [0.15, 0.2) is 0 Å². The second-order valence-corrected chi connectivity index (χ2v) is 11.2. The van der Waals surface area contributed by atoms with Crippen LogP contribution in [0.1, 0.15) is 31.9 Å². The lowest BCUT2D eigenvalue weighted by molar-refractivity contribution is 0.223. The van der Waals surface area contributed by atoms with E-state index in [1.165, 1.54) is 12.1 Å². The van der Waals surface area contributed by atoms with Crippen LogP contribution >= 0.6 is 0 Å². The first-order chi connectivity index (χ1) is 21.3. The number of phenols is 2. The van der Waals surface area contributed by atoms with Crippen LogP contribution in [0.2, 0.25) is 0 Å². The third-order valence-corrected chi connectivity index (χ3v) is 6.75. The maximum absolute atomic E-state index is 12.7. The monoisotopic (exact) mass is 628 g/mol. The average Bonchev–Trinajstić information content (AvgIpc) is 2.98. The number of phenolic OH excluding ortho intramolecular Hbond substituents is 2. The average molecular weight is 629 g/mol. The van der Waals surface area contributed by atoms with Crippen molar-refractivity contribution >= 4 is 24.1 Å². The summed E-state index contributed by atoms with van der Waals surface area (Å²) >= 11 is 0. The zero-order chi connectivity index (χ0) is 33.4. The number of carbonyl (C=O) groups excluding carboxylic acids is 4. The molecule has 0 aliphatic heterocycles. The molecule has 0 aliphatic rings. The standard InChI is InChI=1S/C30H46N9O6/c1-18(2)26(17-36-29(44)38-23(16-33-27(32)42)13-21-6-10-25(41)11-7-21)39-30(45)34-14-19(3)37-28(43)35-15-22(31)12-20-4-8-24(40)9-5-20/h4-11,18-19,22-23,26,31,40-41H,12-17H2,1-3H3,(H3,32,33,42)(H2,34,39,45)(H2,35,37,43)(H2,36,38,44)/t19-,22-,23-,26+/m0/s1. The Hall–Kier alpha value is -4.92. The molecule has 12 N–H and O–H groups in total. The molecule has 0 bridgehead atoms. The number of nitrogens with two attached hydrogens (primary N) is 1. The maximum atomic E-state index is 12.7. The summed E-state index contributed by atoms with van der Waals surface area (Å²) in [5.74, 6) is 0.236. The first-order valence-corrected chi connectivity index (χ1v) is 14.7. The smallest absolute Gasteiger partial charge is 0.315 e. The van der Waals surface area contributed by atoms with Crippen LogP contribution in [0.5, 0.6) is 11.5 Å². The fourth-order valence-electron chi connectivity index (χ4n) is 4.20. The Morgan fingerprint density at radius 3 is 1.71 bits per heavy atom. The minimum atomic E-state index is -0.725. The Labute approximate surface area is 263 Å². The molecule has 0 saturated heterocycles. The number of benzene rings is 2. The lowest BCUT2D eigenvalue weighted by atomic mass is 10.0. The molecule has 0 heterocycles. The summed E-state index contributed by atoms with van der Waals surface area (Å²) in [6.07, 6.45) is 0.786. The number of nitrogens with one attached hydrogen (secondary N) is 8. The van der Waals surface area contributed by atoms with Gasteiger partial charge in [-0.15, -0.1) is 0 Å². The molecule has 1 radical (unpaired) electrons. The highest BCUT2D eigenvalue weighted by Gasteiger charge is 2.20. The molecule has 2 rings (SSSR count). The van der Waals surface area contributed by atoms with E-state index >= 15 is 0 Å². The molecule has 2 aromatic rings. The lowest BCUT2D eigenvalue weighted by Crippen LogP contribution is -2.55. The van der Waals surface area contributed by atoms with Crippen molar-refractivity contribution in [1.82, 2.24) is 43.0 Å². The highest BCUT2D eigenvalue weighted by molar-refractivity contribution is 5.76. The SMILES string of the molecule is CC(C)[C@@H](CNC(=O)N[C@H](CNC(N)=O)Cc1ccc(O)cc1)NC(=O)NC[C@H](C)NC(=O)NC[C@@H]([NH])Cc1ccc(O)cc1. The number of urea groups is 4. The van der Waals surface area contributed by atoms with Gasteiger partial charge in [-0.3, -0.25) is 5.73 Å². The molecular weight excluding hydrogens is 582 g/mol. The summed E-state index contributed by atoms with van der Waals surface area (Å²) in [4.78, 5) is 48.7. The van der Waals surface area contributed by atoms with E-state index in [0.29, 0.717) is 12.8 Å². The van der Waals surface area contributed by atoms with Crippen LogP contribution in [0.4, 0.5) is 19.2 Å². The molecule has 15 nitrogen and oxygen atoms in total. The van der Waals surface area contributed by atoms with Crippen LogP contribution in [0.25, 0.3) is 0 Å². The molecule has 247 valence electrons. The molecular formula is C30H46N9O6. The van der Waals surface area contributed by atoms with Gasteiger partial charge in [0.25, 0.3) is 0 Å². The van der Waals surface area contributed by atoms with Crippen molar-refractivity contribution in [3.63, 3.8) is 0 Å². The predicted octanol–water partition coefficient (Wildman–Crippen LogP) is 0.882. The van der Waals surface area contributed by atoms with E-state index in [9.17, 15) is 29.4 Å². The molecule has 8 amide bonds. The minimum Gasteiger partial charge on any atom is -0.508 e. The van der Waals surface area contributed by atoms with E-state index in [0.717, 1.165) is 11.1 Å². The summed E-state index contributed by atoms with van der Waals surface area (Å²) in [7, 11) is 0. The van der Waals surface area contributed by atoms with E-state index in [1.807, 2.05) is 13.8 Å². The molecule has 0 spiro atoms. The lowest BCUT2D eigenvalue weighted by Gasteiger charge is -2.25. The molecule has 2 aromatic carbocycles. The fraction of sp³-hybridized carbons (Fsp3) is 0.467. The van der Waals surface area contributed by atoms with E-state index < -0.39 is 48.3 Å². The summed E-state index contributed by atoms with van der Waals surface area (Å²) in [5, 5.41) is 37.8. The van der Waals surface area contributed by atoms with Gasteiger partial charge in [0.05, 0.1) is 12.1 Å². The van der Waals surface area contributed by atoms with Gasteiger partial charge in [-0.25, -0.2) is 19.2 Å². The second kappa shape index (κ2) is 18.7. The van der Waals surface area contributed by atoms with E-state index in [2.05, 4.69) is 37.2 Å². The maximum Gasteiger partial charge on any atom is 0.315 e. The molecule has 45 heavy (non-hydrogen) atoms. The van der Waals surface area contributed by atoms with Gasteiger partial charge in [0.2, 0.25) is 0 Å². The summed E-state index contributed by atoms with van der Waals surface area (Å²) in [5.41, 5.74) is 15.0. The van der Waals surface area contributed by atoms with Gasteiger partial charge >= 0.3 is 24.1 Å². The number of aromatic hydroxyl groups is 2. The van der Waals surface area contributed by atoms with Crippen LogP contribution in [-0.4, -0.2) is 84.7 Å². The molecule has 0 saturated carbocycles. The molecule has 0 fully saturated rings. The number of rotatable bonds is 16. The van der Waals surface area contributed by atoms with Crippen molar-refractivity contribution in [2.45, 2.75) is 57.8 Å². The second-order valence-electron chi connectivity index (χ2n) is 11.2. The third-order valence-electron chi connectivity index (χ3n) is 6.75. The zero-order valence-corrected chi connectivity index (χ0v) is 25.9. The van der Waals surface area contributed by atoms with Crippen LogP contribution in [-0.2, 0) is 12.8 Å². The first kappa shape index (κ1) is 36.3. The number of amides is 8. The van der Waals surface area contributed by atoms with Gasteiger partial charge in [-0.05, 0) is 61.1 Å². The van der Waals surface area contributed by atoms with Gasteiger partial charge in [-0.2, -0.15) is 0 Å². The molecule has 4 atom stereocenters. The Kier molecular flexibility index (Phi) is 15.1. The van der Waals surface area contributed by atoms with Crippen molar-refractivity contribution in [2.75, 3.05) is 26.2 Å². The number of hydrogen-bond donors (Lipinski definition) is 10. The third kappa shape index (κ3) is 15.4. The quantitative estimate of drug-likeness (QED) is 0.129. The number of carbonyl (C=O) groups is 4. The van der Waals surface area contributed by atoms with E-state index in [4.69, 9.17) is 11.5 Å². The molecule has 0 aromatic heterocycles. The number of primary amides is 1. The summed E-state index contributed by atoms with van der Waals surface area (Å²) < 4.78 is 0. The van der Waals surface area contributed by atoms with Crippen LogP contribution in [0.15, 0.2) is 48.5 Å². The van der Waals surface area contributed by atoms with Gasteiger partial charge in [0, 0.05) is 38.3 Å². The molecule has 0 unspecified atom stereocenters. The predicted molar refractivity (Wildman–Crippen MR) is 170 cm³/mol. The van der Waals surface area contributed by atoms with E-state index in [-0.39, 0.29) is 43.6 Å². The van der Waals surface area contributed by atoms with Gasteiger partial charge < -0.3 is 53.2 Å². The van der Waals surface area contributed by atoms with Crippen molar-refractivity contribution < 1.29 is 29.4 Å². The highest BCUT2D eigenvalue weighted by atomic mass is 16.3. The Morgan fingerprint density at radius 1 is 0.667 bits per heavy atom. The Bertz CT molecular complexity index is 1230. The number of hydrogen-bond acceptors (Lipinski definition) is 6. The largest absolute Gasteiger partial charge is 0.508 e. The topological polar surface area (TPSA) is 243 Å². The van der Waals surface area contributed by atoms with Crippen molar-refractivity contribution in [2.24, 2.45) is 11.7 Å². The van der Waals surface area contributed by atoms with Gasteiger partial charge in [-0.1, -0.05) is 38.1 Å². The molecule has 0 aliphatic carbocycles. The fourth-order valence-corrected chi connectivity index (χ4v) is 4.20. The summed E-state index contributed by atoms with van der Waals surface area (Å²) in [6.45, 7) is 5.99. The van der Waals surface area contributed by atoms with Crippen molar-refractivity contribution in [3.05, 3.63) is 59.7 Å². The van der Waals surface area contributed by atoms with Crippen LogP contribution < -0.4 is 48.7 Å². The first-order valence-electron chi connectivity index (χ1n) is 14.7. The highest BCUT2D eigenvalue weighted by Crippen LogP contribution is 2.12. The zero-order valence-electron chi connectivity index (χ0n) is 25.9. The minimum absolute atomic E-state index is 0.0268. The molecule has 15 heteroatoms. The van der Waals surface area contributed by atoms with Gasteiger partial charge in [0.1, 0.15) is 11.5 Å². The normalized spacial score (nSPS) is 13.4. The van der Waals surface area contributed by atoms with Crippen LogP contribution in [0.3, 0.4) is 0 Å². The Balaban J connectivity index is 1.73.